The summed E-state index contributed by atoms with van der Waals surface area (Å²) in [5, 5.41) is 0. The molecule has 0 spiro atoms. The summed E-state index contributed by atoms with van der Waals surface area (Å²) in [6, 6.07) is 0. The standard InChI is InChI=1S/C4H12N.ClH.Cu/c1-5(2,3)4;;/h1-4H3;1H;/q+1;;+2/p-1. The first kappa shape index (κ1) is 15.7. The third-order valence-corrected chi connectivity index (χ3v) is 0. The third kappa shape index (κ3) is 260. The molecule has 0 aliphatic rings. The molecule has 7 heavy (non-hydrogen) atoms. The van der Waals surface area contributed by atoms with E-state index in [4.69, 9.17) is 0 Å². The SMILES string of the molecule is C[N+](C)(C)C.[Cl-].[Cu+2]. The average molecular weight is 173 g/mol. The molecule has 0 rings (SSSR count). The van der Waals surface area contributed by atoms with Crippen molar-refractivity contribution < 1.29 is 34.0 Å². The van der Waals surface area contributed by atoms with Crippen LogP contribution in [0.3, 0.4) is 0 Å². The molecule has 0 bridgehead atoms. The fraction of sp³-hybridized carbons (Fsp3) is 1.00. The van der Waals surface area contributed by atoms with Crippen LogP contribution in [0.2, 0.25) is 0 Å². The van der Waals surface area contributed by atoms with Gasteiger partial charge in [-0.1, -0.05) is 0 Å². The third-order valence-electron chi connectivity index (χ3n) is 0. The molecule has 0 fully saturated rings. The van der Waals surface area contributed by atoms with Gasteiger partial charge in [0, 0.05) is 0 Å². The Morgan fingerprint density at radius 3 is 0.857 bits per heavy atom. The van der Waals surface area contributed by atoms with Gasteiger partial charge in [0.15, 0.2) is 0 Å². The van der Waals surface area contributed by atoms with E-state index in [-0.39, 0.29) is 29.5 Å². The van der Waals surface area contributed by atoms with E-state index in [0.717, 1.165) is 4.48 Å². The number of nitrogens with zero attached hydrogens (tertiary/aromatic N) is 1. The van der Waals surface area contributed by atoms with Gasteiger partial charge < -0.3 is 16.9 Å². The first-order chi connectivity index (χ1) is 2.00. The quantitative estimate of drug-likeness (QED) is 0.277. The summed E-state index contributed by atoms with van der Waals surface area (Å²) in [5.74, 6) is 0. The van der Waals surface area contributed by atoms with Crippen LogP contribution in [0.5, 0.6) is 0 Å². The fourth-order valence-electron chi connectivity index (χ4n) is 0. The molecule has 0 amide bonds. The van der Waals surface area contributed by atoms with Crippen LogP contribution in [0, 0.1) is 0 Å². The normalized spacial score (nSPS) is 8.57. The molecule has 0 saturated heterocycles. The van der Waals surface area contributed by atoms with Crippen molar-refractivity contribution in [2.24, 2.45) is 0 Å². The van der Waals surface area contributed by atoms with Gasteiger partial charge in [0.05, 0.1) is 28.2 Å². The molecule has 0 unspecified atom stereocenters. The van der Waals surface area contributed by atoms with Gasteiger partial charge in [-0.3, -0.25) is 0 Å². The van der Waals surface area contributed by atoms with Crippen molar-refractivity contribution in [1.29, 1.82) is 0 Å². The number of rotatable bonds is 0. The number of hydrogen-bond acceptors (Lipinski definition) is 0. The minimum absolute atomic E-state index is 0. The molecule has 3 heteroatoms. The Kier molecular flexibility index (Phi) is 11.0. The van der Waals surface area contributed by atoms with Crippen LogP contribution in [-0.2, 0) is 17.1 Å². The minimum atomic E-state index is 0. The zero-order chi connectivity index (χ0) is 4.50. The van der Waals surface area contributed by atoms with E-state index in [0.29, 0.717) is 0 Å². The summed E-state index contributed by atoms with van der Waals surface area (Å²) in [4.78, 5) is 0. The molecule has 0 aromatic heterocycles. The predicted octanol–water partition coefficient (Wildman–Crippen LogP) is -2.68. The summed E-state index contributed by atoms with van der Waals surface area (Å²) in [5.41, 5.74) is 0. The van der Waals surface area contributed by atoms with Crippen LogP contribution in [0.1, 0.15) is 0 Å². The molecule has 1 nitrogen and oxygen atoms in total. The van der Waals surface area contributed by atoms with Crippen LogP contribution < -0.4 is 12.4 Å². The average Bonchev–Trinajstić information content (AvgIpc) is 0.722. The molecule has 0 N–H and O–H groups in total. The Bertz CT molecular complexity index is 27.2. The van der Waals surface area contributed by atoms with Crippen molar-refractivity contribution >= 4 is 0 Å². The van der Waals surface area contributed by atoms with E-state index in [2.05, 4.69) is 28.2 Å². The Balaban J connectivity index is -0.0000000800. The molecule has 49 valence electrons. The monoisotopic (exact) mass is 172 g/mol. The van der Waals surface area contributed by atoms with Crippen molar-refractivity contribution in [3.63, 3.8) is 0 Å². The van der Waals surface area contributed by atoms with Crippen LogP contribution in [0.15, 0.2) is 0 Å². The fourth-order valence-corrected chi connectivity index (χ4v) is 0. The molecule has 0 aliphatic heterocycles. The van der Waals surface area contributed by atoms with Crippen LogP contribution >= 0.6 is 0 Å². The number of quaternary nitrogens is 1. The Hall–Kier alpha value is 0.769. The van der Waals surface area contributed by atoms with Crippen LogP contribution in [0.25, 0.3) is 0 Å². The van der Waals surface area contributed by atoms with E-state index >= 15 is 0 Å². The Labute approximate surface area is 62.6 Å². The largest absolute Gasteiger partial charge is 2.00 e. The van der Waals surface area contributed by atoms with E-state index in [1.54, 1.807) is 0 Å². The molecule has 0 aromatic carbocycles. The summed E-state index contributed by atoms with van der Waals surface area (Å²) < 4.78 is 1.00. The van der Waals surface area contributed by atoms with Crippen LogP contribution in [-0.4, -0.2) is 32.7 Å². The molecule has 0 saturated carbocycles. The second kappa shape index (κ2) is 4.92. The first-order valence-corrected chi connectivity index (χ1v) is 1.79. The number of halogens is 1. The van der Waals surface area contributed by atoms with Gasteiger partial charge in [-0.25, -0.2) is 0 Å². The van der Waals surface area contributed by atoms with E-state index in [1.807, 2.05) is 0 Å². The van der Waals surface area contributed by atoms with Gasteiger partial charge in [0.1, 0.15) is 0 Å². The smallest absolute Gasteiger partial charge is 1.00 e. The predicted molar refractivity (Wildman–Crippen MR) is 24.0 cm³/mol. The molecular formula is C4H12ClCuN+2. The Morgan fingerprint density at radius 2 is 0.857 bits per heavy atom. The topological polar surface area (TPSA) is 0 Å². The van der Waals surface area contributed by atoms with Crippen molar-refractivity contribution in [2.45, 2.75) is 0 Å². The number of hydrogen-bond donors (Lipinski definition) is 0. The maximum Gasteiger partial charge on any atom is 2.00 e. The van der Waals surface area contributed by atoms with E-state index in [9.17, 15) is 0 Å². The Morgan fingerprint density at radius 1 is 0.857 bits per heavy atom. The molecule has 0 atom stereocenters. The van der Waals surface area contributed by atoms with Gasteiger partial charge >= 0.3 is 17.1 Å². The van der Waals surface area contributed by atoms with Gasteiger partial charge in [-0.05, 0) is 0 Å². The maximum atomic E-state index is 2.12. The summed E-state index contributed by atoms with van der Waals surface area (Å²) in [6.45, 7) is 0. The second-order valence-electron chi connectivity index (χ2n) is 2.68. The minimum Gasteiger partial charge on any atom is -1.00 e. The van der Waals surface area contributed by atoms with E-state index in [1.165, 1.54) is 0 Å². The zero-order valence-corrected chi connectivity index (χ0v) is 6.82. The van der Waals surface area contributed by atoms with Crippen molar-refractivity contribution in [1.82, 2.24) is 0 Å². The van der Waals surface area contributed by atoms with Crippen molar-refractivity contribution in [2.75, 3.05) is 28.2 Å². The van der Waals surface area contributed by atoms with Crippen LogP contribution in [0.4, 0.5) is 0 Å². The first-order valence-electron chi connectivity index (χ1n) is 1.79. The zero-order valence-electron chi connectivity index (χ0n) is 5.13. The molecular weight excluding hydrogens is 161 g/mol. The molecule has 0 aromatic rings. The van der Waals surface area contributed by atoms with Gasteiger partial charge in [-0.2, -0.15) is 0 Å². The van der Waals surface area contributed by atoms with Gasteiger partial charge in [0.2, 0.25) is 0 Å². The van der Waals surface area contributed by atoms with Crippen molar-refractivity contribution in [3.8, 4) is 0 Å². The van der Waals surface area contributed by atoms with Gasteiger partial charge in [0.25, 0.3) is 0 Å². The summed E-state index contributed by atoms with van der Waals surface area (Å²) in [6.07, 6.45) is 0. The maximum absolute atomic E-state index is 2.12. The summed E-state index contributed by atoms with van der Waals surface area (Å²) in [7, 11) is 8.50. The molecule has 1 radical (unpaired) electrons. The summed E-state index contributed by atoms with van der Waals surface area (Å²) >= 11 is 0. The molecule has 0 aliphatic carbocycles. The van der Waals surface area contributed by atoms with Crippen molar-refractivity contribution in [3.05, 3.63) is 0 Å². The second-order valence-corrected chi connectivity index (χ2v) is 2.68. The molecule has 0 heterocycles. The van der Waals surface area contributed by atoms with E-state index < -0.39 is 0 Å². The van der Waals surface area contributed by atoms with Gasteiger partial charge in [-0.15, -0.1) is 0 Å².